The first kappa shape index (κ1) is 19.5. The van der Waals surface area contributed by atoms with E-state index >= 15 is 0 Å². The molecule has 2 heterocycles. The summed E-state index contributed by atoms with van der Waals surface area (Å²) in [6, 6.07) is 5.48. The highest BCUT2D eigenvalue weighted by molar-refractivity contribution is 7.14. The quantitative estimate of drug-likeness (QED) is 0.769. The Balaban J connectivity index is 1.73. The lowest BCUT2D eigenvalue weighted by Gasteiger charge is -2.27. The van der Waals surface area contributed by atoms with E-state index in [9.17, 15) is 14.8 Å². The fourth-order valence-electron chi connectivity index (χ4n) is 3.05. The Bertz CT molecular complexity index is 851. The number of aryl methyl sites for hydroxylation is 2. The molecule has 1 atom stereocenters. The van der Waals surface area contributed by atoms with E-state index < -0.39 is 6.04 Å². The van der Waals surface area contributed by atoms with E-state index in [1.807, 2.05) is 37.4 Å². The van der Waals surface area contributed by atoms with Crippen LogP contribution >= 0.6 is 11.3 Å². The van der Waals surface area contributed by atoms with Crippen LogP contribution in [0.4, 0.5) is 10.8 Å². The summed E-state index contributed by atoms with van der Waals surface area (Å²) in [6.45, 7) is 6.34. The molecule has 7 nitrogen and oxygen atoms in total. The molecule has 0 radical (unpaired) electrons. The van der Waals surface area contributed by atoms with Crippen LogP contribution in [0.15, 0.2) is 23.6 Å². The largest absolute Gasteiger partial charge is 0.300 e. The minimum Gasteiger partial charge on any atom is -0.300 e. The predicted octanol–water partition coefficient (Wildman–Crippen LogP) is 2.91. The molecule has 0 bridgehead atoms. The van der Waals surface area contributed by atoms with Crippen LogP contribution in [-0.2, 0) is 16.1 Å². The van der Waals surface area contributed by atoms with Gasteiger partial charge >= 0.3 is 0 Å². The second-order valence-corrected chi connectivity index (χ2v) is 7.62. The lowest BCUT2D eigenvalue weighted by Crippen LogP contribution is -2.49. The van der Waals surface area contributed by atoms with Crippen molar-refractivity contribution < 1.29 is 14.8 Å². The van der Waals surface area contributed by atoms with Crippen LogP contribution in [0.3, 0.4) is 0 Å². The maximum absolute atomic E-state index is 12.2. The number of rotatable bonds is 5. The number of nitrogens with zero attached hydrogens (tertiary/aromatic N) is 3. The monoisotopic (exact) mass is 388 g/mol. The van der Waals surface area contributed by atoms with Crippen LogP contribution in [-0.4, -0.2) is 39.7 Å². The Morgan fingerprint density at radius 1 is 1.41 bits per heavy atom. The van der Waals surface area contributed by atoms with E-state index in [1.54, 1.807) is 4.90 Å². The second kappa shape index (κ2) is 8.16. The molecule has 2 N–H and O–H groups in total. The van der Waals surface area contributed by atoms with Gasteiger partial charge in [0.25, 0.3) is 5.91 Å². The summed E-state index contributed by atoms with van der Waals surface area (Å²) in [7, 11) is 0. The highest BCUT2D eigenvalue weighted by Gasteiger charge is 2.27. The third-order valence-corrected chi connectivity index (χ3v) is 5.61. The molecule has 8 heteroatoms. The van der Waals surface area contributed by atoms with Crippen LogP contribution < -0.4 is 10.2 Å². The number of carbonyl (C=O) groups is 2. The summed E-state index contributed by atoms with van der Waals surface area (Å²) < 4.78 is 0. The van der Waals surface area contributed by atoms with Crippen molar-refractivity contribution in [3.8, 4) is 0 Å². The Kier molecular flexibility index (Phi) is 5.88. The molecule has 3 rings (SSSR count). The van der Waals surface area contributed by atoms with Crippen molar-refractivity contribution in [2.75, 3.05) is 11.4 Å². The number of hydrogen-bond donors (Lipinski definition) is 2. The summed E-state index contributed by atoms with van der Waals surface area (Å²) in [6.07, 6.45) is 1.45. The van der Waals surface area contributed by atoms with Gasteiger partial charge < -0.3 is 5.32 Å². The minimum atomic E-state index is -0.405. The molecular weight excluding hydrogens is 364 g/mol. The van der Waals surface area contributed by atoms with Gasteiger partial charge in [-0.1, -0.05) is 6.07 Å². The molecule has 2 aromatic rings. The number of benzene rings is 1. The molecule has 27 heavy (non-hydrogen) atoms. The van der Waals surface area contributed by atoms with Crippen molar-refractivity contribution in [3.63, 3.8) is 0 Å². The van der Waals surface area contributed by atoms with Gasteiger partial charge in [0.05, 0.1) is 17.4 Å². The smallest absolute Gasteiger partial charge is 0.263 e. The molecule has 0 spiro atoms. The maximum atomic E-state index is 12.2. The number of hydroxylamine groups is 2. The summed E-state index contributed by atoms with van der Waals surface area (Å²) in [5.41, 5.74) is 3.83. The Hall–Kier alpha value is -2.29. The number of anilines is 2. The van der Waals surface area contributed by atoms with Crippen molar-refractivity contribution in [2.45, 2.75) is 46.2 Å². The summed E-state index contributed by atoms with van der Waals surface area (Å²) in [5, 5.41) is 15.9. The maximum Gasteiger partial charge on any atom is 0.263 e. The molecule has 1 aliphatic rings. The molecule has 1 unspecified atom stereocenters. The number of carbonyl (C=O) groups excluding carboxylic acids is 2. The van der Waals surface area contributed by atoms with Crippen LogP contribution in [0.1, 0.15) is 36.6 Å². The fourth-order valence-corrected chi connectivity index (χ4v) is 3.93. The van der Waals surface area contributed by atoms with Crippen molar-refractivity contribution >= 4 is 34.0 Å². The predicted molar refractivity (Wildman–Crippen MR) is 104 cm³/mol. The molecule has 1 aromatic carbocycles. The standard InChI is InChI=1S/C19H24N4O3S/c1-12-6-7-16(9-13(12)2)23(14(3)24)19-21-15(11-27-19)10-20-17-5-4-8-22(26)18(17)25/h6-7,9,11,17,20,26H,4-5,8,10H2,1-3H3. The van der Waals surface area contributed by atoms with Gasteiger partial charge in [0.2, 0.25) is 5.91 Å². The molecule has 0 aliphatic carbocycles. The van der Waals surface area contributed by atoms with E-state index in [4.69, 9.17) is 0 Å². The van der Waals surface area contributed by atoms with E-state index in [2.05, 4.69) is 10.3 Å². The van der Waals surface area contributed by atoms with Crippen molar-refractivity contribution in [1.82, 2.24) is 15.4 Å². The summed E-state index contributed by atoms with van der Waals surface area (Å²) >= 11 is 1.39. The van der Waals surface area contributed by atoms with E-state index in [0.29, 0.717) is 24.6 Å². The second-order valence-electron chi connectivity index (χ2n) is 6.78. The average Bonchev–Trinajstić information content (AvgIpc) is 3.07. The molecular formula is C19H24N4O3S. The molecule has 1 saturated heterocycles. The lowest BCUT2D eigenvalue weighted by molar-refractivity contribution is -0.172. The zero-order chi connectivity index (χ0) is 19.6. The van der Waals surface area contributed by atoms with Crippen molar-refractivity contribution in [2.24, 2.45) is 0 Å². The molecule has 144 valence electrons. The number of thiazole rings is 1. The molecule has 1 aliphatic heterocycles. The van der Waals surface area contributed by atoms with E-state index in [1.165, 1.54) is 23.8 Å². The third kappa shape index (κ3) is 4.35. The number of amides is 2. The average molecular weight is 388 g/mol. The van der Waals surface area contributed by atoms with Crippen LogP contribution in [0, 0.1) is 13.8 Å². The first-order chi connectivity index (χ1) is 12.9. The molecule has 1 fully saturated rings. The van der Waals surface area contributed by atoms with Gasteiger partial charge in [-0.3, -0.25) is 19.7 Å². The fraction of sp³-hybridized carbons (Fsp3) is 0.421. The SMILES string of the molecule is CC(=O)N(c1ccc(C)c(C)c1)c1nc(CNC2CCCN(O)C2=O)cs1. The highest BCUT2D eigenvalue weighted by Crippen LogP contribution is 2.30. The van der Waals surface area contributed by atoms with Gasteiger partial charge in [0, 0.05) is 25.4 Å². The van der Waals surface area contributed by atoms with Crippen LogP contribution in [0.2, 0.25) is 0 Å². The molecule has 0 saturated carbocycles. The van der Waals surface area contributed by atoms with Gasteiger partial charge in [-0.25, -0.2) is 10.0 Å². The highest BCUT2D eigenvalue weighted by atomic mass is 32.1. The number of nitrogens with one attached hydrogen (secondary N) is 1. The third-order valence-electron chi connectivity index (χ3n) is 4.74. The zero-order valence-corrected chi connectivity index (χ0v) is 16.5. The van der Waals surface area contributed by atoms with Gasteiger partial charge in [-0.15, -0.1) is 11.3 Å². The van der Waals surface area contributed by atoms with Gasteiger partial charge in [-0.05, 0) is 49.9 Å². The van der Waals surface area contributed by atoms with Crippen LogP contribution in [0.5, 0.6) is 0 Å². The van der Waals surface area contributed by atoms with Crippen molar-refractivity contribution in [3.05, 3.63) is 40.4 Å². The number of aromatic nitrogens is 1. The lowest BCUT2D eigenvalue weighted by atomic mass is 10.1. The van der Waals surface area contributed by atoms with Gasteiger partial charge in [-0.2, -0.15) is 0 Å². The Morgan fingerprint density at radius 2 is 2.19 bits per heavy atom. The summed E-state index contributed by atoms with van der Waals surface area (Å²) in [4.78, 5) is 30.3. The van der Waals surface area contributed by atoms with Crippen molar-refractivity contribution in [1.29, 1.82) is 0 Å². The van der Waals surface area contributed by atoms with E-state index in [-0.39, 0.29) is 11.8 Å². The molecule has 1 aromatic heterocycles. The zero-order valence-electron chi connectivity index (χ0n) is 15.7. The molecule has 2 amide bonds. The number of hydrogen-bond acceptors (Lipinski definition) is 6. The van der Waals surface area contributed by atoms with Crippen LogP contribution in [0.25, 0.3) is 0 Å². The normalized spacial score (nSPS) is 17.3. The van der Waals surface area contributed by atoms with E-state index in [0.717, 1.165) is 28.4 Å². The minimum absolute atomic E-state index is 0.106. The van der Waals surface area contributed by atoms with Gasteiger partial charge in [0.15, 0.2) is 5.13 Å². The topological polar surface area (TPSA) is 85.8 Å². The summed E-state index contributed by atoms with van der Waals surface area (Å²) in [5.74, 6) is -0.414. The Labute approximate surface area is 162 Å². The first-order valence-electron chi connectivity index (χ1n) is 8.93. The van der Waals surface area contributed by atoms with Gasteiger partial charge in [0.1, 0.15) is 0 Å². The Morgan fingerprint density at radius 3 is 2.89 bits per heavy atom. The number of piperidine rings is 1. The first-order valence-corrected chi connectivity index (χ1v) is 9.81.